The minimum absolute atomic E-state index is 0.0697. The lowest BCUT2D eigenvalue weighted by molar-refractivity contribution is -0.141. The summed E-state index contributed by atoms with van der Waals surface area (Å²) in [5.41, 5.74) is -1.34. The molecule has 0 aromatic carbocycles. The van der Waals surface area contributed by atoms with Gasteiger partial charge in [-0.05, 0) is 12.8 Å². The van der Waals surface area contributed by atoms with Gasteiger partial charge in [0.1, 0.15) is 11.7 Å². The first kappa shape index (κ1) is 12.3. The van der Waals surface area contributed by atoms with Crippen LogP contribution in [0.2, 0.25) is 0 Å². The summed E-state index contributed by atoms with van der Waals surface area (Å²) in [4.78, 5) is 11.4. The van der Waals surface area contributed by atoms with Crippen LogP contribution in [0.15, 0.2) is 24.8 Å². The van der Waals surface area contributed by atoms with E-state index in [4.69, 9.17) is 4.74 Å². The fourth-order valence-electron chi connectivity index (χ4n) is 2.88. The molecule has 0 amide bonds. The minimum Gasteiger partial charge on any atom is -0.455 e. The predicted octanol–water partition coefficient (Wildman–Crippen LogP) is 0.792. The molecule has 0 radical (unpaired) electrons. The maximum absolute atomic E-state index is 11.4. The van der Waals surface area contributed by atoms with Crippen LogP contribution < -0.4 is 0 Å². The van der Waals surface area contributed by atoms with Crippen molar-refractivity contribution in [1.82, 2.24) is 0 Å². The highest BCUT2D eigenvalue weighted by Crippen LogP contribution is 2.49. The highest BCUT2D eigenvalue weighted by molar-refractivity contribution is 5.93. The SMILES string of the molecule is C=C[C@H](C)[C@@H](O)[C@H]1CC[C@H]2OC(=O)C(=C)[C@@]12O. The van der Waals surface area contributed by atoms with Crippen LogP contribution in [0.25, 0.3) is 0 Å². The van der Waals surface area contributed by atoms with Gasteiger partial charge in [0.25, 0.3) is 0 Å². The quantitative estimate of drug-likeness (QED) is 0.433. The van der Waals surface area contributed by atoms with Crippen molar-refractivity contribution in [3.05, 3.63) is 24.8 Å². The third-order valence-corrected chi connectivity index (χ3v) is 4.10. The van der Waals surface area contributed by atoms with Crippen LogP contribution in [0.3, 0.4) is 0 Å². The first-order valence-corrected chi connectivity index (χ1v) is 5.86. The van der Waals surface area contributed by atoms with E-state index in [1.807, 2.05) is 6.92 Å². The van der Waals surface area contributed by atoms with E-state index < -0.39 is 29.7 Å². The summed E-state index contributed by atoms with van der Waals surface area (Å²) < 4.78 is 5.07. The van der Waals surface area contributed by atoms with Crippen LogP contribution in [0.1, 0.15) is 19.8 Å². The molecular weight excluding hydrogens is 220 g/mol. The maximum atomic E-state index is 11.4. The van der Waals surface area contributed by atoms with Crippen molar-refractivity contribution in [1.29, 1.82) is 0 Å². The van der Waals surface area contributed by atoms with Gasteiger partial charge in [0, 0.05) is 11.8 Å². The lowest BCUT2D eigenvalue weighted by Crippen LogP contribution is -2.47. The van der Waals surface area contributed by atoms with Crippen molar-refractivity contribution >= 4 is 5.97 Å². The fraction of sp³-hybridized carbons (Fsp3) is 0.615. The first-order chi connectivity index (χ1) is 7.92. The summed E-state index contributed by atoms with van der Waals surface area (Å²) in [6.45, 7) is 9.07. The van der Waals surface area contributed by atoms with Crippen LogP contribution in [0, 0.1) is 11.8 Å². The van der Waals surface area contributed by atoms with E-state index in [0.717, 1.165) is 0 Å². The Morgan fingerprint density at radius 1 is 1.59 bits per heavy atom. The average Bonchev–Trinajstić information content (AvgIpc) is 2.74. The smallest absolute Gasteiger partial charge is 0.336 e. The number of aliphatic hydroxyl groups excluding tert-OH is 1. The number of esters is 1. The zero-order valence-corrected chi connectivity index (χ0v) is 9.93. The van der Waals surface area contributed by atoms with Crippen LogP contribution >= 0.6 is 0 Å². The molecule has 1 saturated carbocycles. The largest absolute Gasteiger partial charge is 0.455 e. The summed E-state index contributed by atoms with van der Waals surface area (Å²) >= 11 is 0. The summed E-state index contributed by atoms with van der Waals surface area (Å²) in [6.07, 6.45) is 1.52. The van der Waals surface area contributed by atoms with Gasteiger partial charge in [0.15, 0.2) is 0 Å². The Balaban J connectivity index is 2.29. The Hall–Kier alpha value is -1.13. The number of aliphatic hydroxyl groups is 2. The minimum atomic E-state index is -1.41. The number of rotatable bonds is 3. The molecule has 0 aromatic heterocycles. The second-order valence-electron chi connectivity index (χ2n) is 4.97. The van der Waals surface area contributed by atoms with Gasteiger partial charge in [0.05, 0.1) is 11.7 Å². The molecule has 0 aromatic rings. The molecule has 94 valence electrons. The Morgan fingerprint density at radius 3 is 2.82 bits per heavy atom. The average molecular weight is 238 g/mol. The van der Waals surface area contributed by atoms with E-state index in [9.17, 15) is 15.0 Å². The Morgan fingerprint density at radius 2 is 2.24 bits per heavy atom. The second-order valence-corrected chi connectivity index (χ2v) is 4.97. The van der Waals surface area contributed by atoms with E-state index >= 15 is 0 Å². The Kier molecular flexibility index (Phi) is 2.87. The third-order valence-electron chi connectivity index (χ3n) is 4.10. The molecule has 2 fully saturated rings. The van der Waals surface area contributed by atoms with Crippen molar-refractivity contribution < 1.29 is 19.7 Å². The lowest BCUT2D eigenvalue weighted by Gasteiger charge is -2.33. The molecule has 4 nitrogen and oxygen atoms in total. The number of hydrogen-bond acceptors (Lipinski definition) is 4. The van der Waals surface area contributed by atoms with Gasteiger partial charge >= 0.3 is 5.97 Å². The van der Waals surface area contributed by atoms with Crippen molar-refractivity contribution in [3.63, 3.8) is 0 Å². The molecule has 0 spiro atoms. The predicted molar refractivity (Wildman–Crippen MR) is 62.1 cm³/mol. The zero-order valence-electron chi connectivity index (χ0n) is 9.93. The fourth-order valence-corrected chi connectivity index (χ4v) is 2.88. The third kappa shape index (κ3) is 1.55. The Labute approximate surface area is 101 Å². The molecule has 1 aliphatic heterocycles. The van der Waals surface area contributed by atoms with Gasteiger partial charge in [-0.15, -0.1) is 6.58 Å². The number of hydrogen-bond donors (Lipinski definition) is 2. The highest BCUT2D eigenvalue weighted by atomic mass is 16.6. The normalized spacial score (nSPS) is 39.7. The van der Waals surface area contributed by atoms with Crippen LogP contribution in [0.5, 0.6) is 0 Å². The molecule has 1 aliphatic carbocycles. The summed E-state index contributed by atoms with van der Waals surface area (Å²) in [7, 11) is 0. The van der Waals surface area contributed by atoms with Gasteiger partial charge < -0.3 is 14.9 Å². The summed E-state index contributed by atoms with van der Waals surface area (Å²) in [6, 6.07) is 0. The maximum Gasteiger partial charge on any atom is 0.336 e. The number of ether oxygens (including phenoxy) is 1. The van der Waals surface area contributed by atoms with Crippen LogP contribution in [-0.4, -0.2) is 34.0 Å². The summed E-state index contributed by atoms with van der Waals surface area (Å²) in [5, 5.41) is 20.8. The molecule has 4 heteroatoms. The molecule has 1 heterocycles. The van der Waals surface area contributed by atoms with Crippen LogP contribution in [-0.2, 0) is 9.53 Å². The van der Waals surface area contributed by atoms with Gasteiger partial charge in [-0.1, -0.05) is 19.6 Å². The molecule has 0 bridgehead atoms. The second kappa shape index (κ2) is 3.96. The molecule has 1 saturated heterocycles. The van der Waals surface area contributed by atoms with Crippen molar-refractivity contribution in [2.75, 3.05) is 0 Å². The topological polar surface area (TPSA) is 66.8 Å². The lowest BCUT2D eigenvalue weighted by atomic mass is 9.78. The van der Waals surface area contributed by atoms with E-state index in [0.29, 0.717) is 12.8 Å². The molecule has 5 atom stereocenters. The number of carbonyl (C=O) groups is 1. The number of carbonyl (C=O) groups excluding carboxylic acids is 1. The standard InChI is InChI=1S/C13H18O4/c1-4-7(2)11(14)9-5-6-10-13(9,16)8(3)12(15)17-10/h4,7,9-11,14,16H,1,3,5-6H2,2H3/t7-,9+,10+,11+,13+/m0/s1. The Bertz CT molecular complexity index is 376. The number of fused-ring (bicyclic) bond motifs is 1. The summed E-state index contributed by atoms with van der Waals surface area (Å²) in [5.74, 6) is -1.12. The molecular formula is C13H18O4. The highest BCUT2D eigenvalue weighted by Gasteiger charge is 2.61. The van der Waals surface area contributed by atoms with Gasteiger partial charge in [0.2, 0.25) is 0 Å². The van der Waals surface area contributed by atoms with E-state index in [1.54, 1.807) is 6.08 Å². The van der Waals surface area contributed by atoms with E-state index in [-0.39, 0.29) is 11.5 Å². The van der Waals surface area contributed by atoms with Crippen molar-refractivity contribution in [2.45, 2.75) is 37.6 Å². The molecule has 2 aliphatic rings. The van der Waals surface area contributed by atoms with E-state index in [1.165, 1.54) is 0 Å². The monoisotopic (exact) mass is 238 g/mol. The van der Waals surface area contributed by atoms with Crippen molar-refractivity contribution in [3.8, 4) is 0 Å². The van der Waals surface area contributed by atoms with Crippen LogP contribution in [0.4, 0.5) is 0 Å². The molecule has 2 rings (SSSR count). The molecule has 0 unspecified atom stereocenters. The van der Waals surface area contributed by atoms with E-state index in [2.05, 4.69) is 13.2 Å². The molecule has 2 N–H and O–H groups in total. The van der Waals surface area contributed by atoms with Gasteiger partial charge in [-0.25, -0.2) is 4.79 Å². The zero-order chi connectivity index (χ0) is 12.8. The van der Waals surface area contributed by atoms with Gasteiger partial charge in [-0.2, -0.15) is 0 Å². The van der Waals surface area contributed by atoms with Crippen molar-refractivity contribution in [2.24, 2.45) is 11.8 Å². The van der Waals surface area contributed by atoms with Gasteiger partial charge in [-0.3, -0.25) is 0 Å². The molecule has 17 heavy (non-hydrogen) atoms. The first-order valence-electron chi connectivity index (χ1n) is 5.86.